The van der Waals surface area contributed by atoms with Crippen LogP contribution in [0.25, 0.3) is 11.1 Å². The minimum atomic E-state index is 0.215. The quantitative estimate of drug-likeness (QED) is 0.626. The van der Waals surface area contributed by atoms with E-state index in [9.17, 15) is 4.79 Å². The minimum Gasteiger partial charge on any atom is -0.496 e. The highest BCUT2D eigenvalue weighted by Gasteiger charge is 2.24. The van der Waals surface area contributed by atoms with Crippen molar-refractivity contribution in [3.63, 3.8) is 0 Å². The van der Waals surface area contributed by atoms with Crippen LogP contribution >= 0.6 is 0 Å². The van der Waals surface area contributed by atoms with Crippen LogP contribution < -0.4 is 4.74 Å². The second-order valence-corrected chi connectivity index (χ2v) is 7.57. The number of rotatable bonds is 6. The fourth-order valence-corrected chi connectivity index (χ4v) is 4.00. The van der Waals surface area contributed by atoms with E-state index in [1.807, 2.05) is 35.4 Å². The molecule has 0 spiro atoms. The number of ether oxygens (including phenoxy) is 1. The summed E-state index contributed by atoms with van der Waals surface area (Å²) in [6.45, 7) is 1.57. The number of carbonyl (C=O) groups is 1. The van der Waals surface area contributed by atoms with Crippen molar-refractivity contribution in [3.05, 3.63) is 72.6 Å². The van der Waals surface area contributed by atoms with E-state index in [4.69, 9.17) is 4.74 Å². The van der Waals surface area contributed by atoms with Crippen LogP contribution in [0.3, 0.4) is 0 Å². The molecule has 1 fully saturated rings. The van der Waals surface area contributed by atoms with Gasteiger partial charge >= 0.3 is 0 Å². The van der Waals surface area contributed by atoms with Gasteiger partial charge in [-0.2, -0.15) is 0 Å². The van der Waals surface area contributed by atoms with Crippen LogP contribution in [0.1, 0.15) is 36.4 Å². The first-order valence-corrected chi connectivity index (χ1v) is 10.4. The van der Waals surface area contributed by atoms with Gasteiger partial charge in [-0.1, -0.05) is 24.3 Å². The maximum Gasteiger partial charge on any atom is 0.222 e. The molecule has 0 bridgehead atoms. The molecule has 6 nitrogen and oxygen atoms in total. The highest BCUT2D eigenvalue weighted by molar-refractivity contribution is 5.76. The monoisotopic (exact) mass is 402 g/mol. The Morgan fingerprint density at radius 3 is 2.50 bits per heavy atom. The zero-order valence-corrected chi connectivity index (χ0v) is 17.2. The molecule has 154 valence electrons. The van der Waals surface area contributed by atoms with Crippen molar-refractivity contribution in [3.8, 4) is 16.9 Å². The summed E-state index contributed by atoms with van der Waals surface area (Å²) in [4.78, 5) is 27.4. The number of hydrogen-bond acceptors (Lipinski definition) is 5. The van der Waals surface area contributed by atoms with E-state index in [1.54, 1.807) is 19.5 Å². The molecule has 0 unspecified atom stereocenters. The first-order valence-electron chi connectivity index (χ1n) is 10.4. The van der Waals surface area contributed by atoms with Gasteiger partial charge in [0.1, 0.15) is 12.1 Å². The number of carbonyl (C=O) groups excluding carboxylic acids is 1. The highest BCUT2D eigenvalue weighted by atomic mass is 16.5. The maximum atomic E-state index is 12.7. The molecule has 2 aromatic heterocycles. The summed E-state index contributed by atoms with van der Waals surface area (Å²) < 4.78 is 5.38. The Morgan fingerprint density at radius 1 is 1.03 bits per heavy atom. The summed E-state index contributed by atoms with van der Waals surface area (Å²) in [6.07, 6.45) is 10.1. The topological polar surface area (TPSA) is 68.2 Å². The lowest BCUT2D eigenvalue weighted by atomic mass is 9.92. The van der Waals surface area contributed by atoms with Gasteiger partial charge < -0.3 is 9.64 Å². The van der Waals surface area contributed by atoms with E-state index in [-0.39, 0.29) is 5.91 Å². The third-order valence-corrected chi connectivity index (χ3v) is 5.75. The Labute approximate surface area is 177 Å². The number of likely N-dealkylation sites (tertiary alicyclic amines) is 1. The maximum absolute atomic E-state index is 12.7. The van der Waals surface area contributed by atoms with Gasteiger partial charge in [0, 0.05) is 60.8 Å². The number of para-hydroxylation sites is 1. The summed E-state index contributed by atoms with van der Waals surface area (Å²) >= 11 is 0. The summed E-state index contributed by atoms with van der Waals surface area (Å²) in [5.41, 5.74) is 4.16. The number of pyridine rings is 1. The second-order valence-electron chi connectivity index (χ2n) is 7.57. The number of aryl methyl sites for hydroxylation is 1. The van der Waals surface area contributed by atoms with E-state index in [2.05, 4.69) is 27.1 Å². The fourth-order valence-electron chi connectivity index (χ4n) is 4.00. The van der Waals surface area contributed by atoms with Crippen molar-refractivity contribution in [2.45, 2.75) is 31.6 Å². The summed E-state index contributed by atoms with van der Waals surface area (Å²) in [6, 6.07) is 12.1. The molecule has 4 rings (SSSR count). The molecule has 0 saturated carbocycles. The molecule has 1 amide bonds. The molecule has 1 aliphatic rings. The van der Waals surface area contributed by atoms with Crippen molar-refractivity contribution in [2.75, 3.05) is 20.2 Å². The zero-order valence-electron chi connectivity index (χ0n) is 17.2. The number of amides is 1. The van der Waals surface area contributed by atoms with Crippen LogP contribution in [0.4, 0.5) is 0 Å². The van der Waals surface area contributed by atoms with Gasteiger partial charge in [0.2, 0.25) is 5.91 Å². The number of nitrogens with zero attached hydrogens (tertiary/aromatic N) is 4. The van der Waals surface area contributed by atoms with Gasteiger partial charge in [-0.3, -0.25) is 9.78 Å². The van der Waals surface area contributed by atoms with Gasteiger partial charge in [-0.15, -0.1) is 0 Å². The number of aromatic nitrogens is 3. The molecule has 30 heavy (non-hydrogen) atoms. The first-order chi connectivity index (χ1) is 14.7. The molecule has 0 radical (unpaired) electrons. The first kappa shape index (κ1) is 20.0. The lowest BCUT2D eigenvalue weighted by Crippen LogP contribution is -2.38. The second kappa shape index (κ2) is 9.48. The van der Waals surface area contributed by atoms with Gasteiger partial charge in [0.05, 0.1) is 7.11 Å². The van der Waals surface area contributed by atoms with Crippen molar-refractivity contribution in [1.29, 1.82) is 0 Å². The molecule has 0 aliphatic carbocycles. The average Bonchev–Trinajstić information content (AvgIpc) is 2.83. The number of piperidine rings is 1. The van der Waals surface area contributed by atoms with Crippen LogP contribution in [0.2, 0.25) is 0 Å². The lowest BCUT2D eigenvalue weighted by Gasteiger charge is -2.32. The van der Waals surface area contributed by atoms with E-state index in [0.717, 1.165) is 54.1 Å². The van der Waals surface area contributed by atoms with Crippen molar-refractivity contribution in [1.82, 2.24) is 19.9 Å². The summed E-state index contributed by atoms with van der Waals surface area (Å²) in [5, 5.41) is 0. The minimum absolute atomic E-state index is 0.215. The van der Waals surface area contributed by atoms with E-state index in [1.165, 1.54) is 6.33 Å². The smallest absolute Gasteiger partial charge is 0.222 e. The fraction of sp³-hybridized carbons (Fsp3) is 0.333. The van der Waals surface area contributed by atoms with Crippen molar-refractivity contribution < 1.29 is 9.53 Å². The number of benzene rings is 1. The Morgan fingerprint density at radius 2 is 1.80 bits per heavy atom. The standard InChI is InChI=1S/C24H26N4O2/c1-30-23-5-3-2-4-19(23)7-9-24(29)28-12-10-18(11-13-28)22-8-6-20(16-27-22)21-14-25-17-26-15-21/h2-6,8,14-18H,7,9-13H2,1H3. The van der Waals surface area contributed by atoms with Gasteiger partial charge in [0.15, 0.2) is 0 Å². The van der Waals surface area contributed by atoms with E-state index in [0.29, 0.717) is 18.8 Å². The zero-order chi connectivity index (χ0) is 20.8. The third kappa shape index (κ3) is 4.64. The molecule has 6 heteroatoms. The van der Waals surface area contributed by atoms with Crippen molar-refractivity contribution >= 4 is 5.91 Å². The van der Waals surface area contributed by atoms with Crippen LogP contribution in [-0.4, -0.2) is 46.0 Å². The Hall–Kier alpha value is -3.28. The third-order valence-electron chi connectivity index (χ3n) is 5.75. The Kier molecular flexibility index (Phi) is 6.32. The normalized spacial score (nSPS) is 14.5. The molecule has 0 N–H and O–H groups in total. The van der Waals surface area contributed by atoms with E-state index < -0.39 is 0 Å². The lowest BCUT2D eigenvalue weighted by molar-refractivity contribution is -0.132. The average molecular weight is 402 g/mol. The Balaban J connectivity index is 1.30. The largest absolute Gasteiger partial charge is 0.496 e. The molecule has 0 atom stereocenters. The predicted octanol–water partition coefficient (Wildman–Crippen LogP) is 3.89. The molecule has 1 aliphatic heterocycles. The molecule has 1 aromatic carbocycles. The predicted molar refractivity (Wildman–Crippen MR) is 115 cm³/mol. The number of methoxy groups -OCH3 is 1. The highest BCUT2D eigenvalue weighted by Crippen LogP contribution is 2.28. The van der Waals surface area contributed by atoms with Crippen LogP contribution in [0, 0.1) is 0 Å². The Bertz CT molecular complexity index is 968. The van der Waals surface area contributed by atoms with Gasteiger partial charge in [-0.25, -0.2) is 9.97 Å². The summed E-state index contributed by atoms with van der Waals surface area (Å²) in [5.74, 6) is 1.46. The SMILES string of the molecule is COc1ccccc1CCC(=O)N1CCC(c2ccc(-c3cncnc3)cn2)CC1. The molecule has 3 aromatic rings. The number of hydrogen-bond donors (Lipinski definition) is 0. The van der Waals surface area contributed by atoms with Crippen molar-refractivity contribution in [2.24, 2.45) is 0 Å². The molecular formula is C24H26N4O2. The summed E-state index contributed by atoms with van der Waals surface area (Å²) in [7, 11) is 1.67. The van der Waals surface area contributed by atoms with Gasteiger partial charge in [-0.05, 0) is 37.0 Å². The van der Waals surface area contributed by atoms with Crippen LogP contribution in [0.15, 0.2) is 61.3 Å². The molecule has 3 heterocycles. The van der Waals surface area contributed by atoms with Crippen LogP contribution in [-0.2, 0) is 11.2 Å². The molecule has 1 saturated heterocycles. The molecular weight excluding hydrogens is 376 g/mol. The van der Waals surface area contributed by atoms with E-state index >= 15 is 0 Å². The van der Waals surface area contributed by atoms with Gasteiger partial charge in [0.25, 0.3) is 0 Å². The van der Waals surface area contributed by atoms with Crippen LogP contribution in [0.5, 0.6) is 5.75 Å².